The van der Waals surface area contributed by atoms with Gasteiger partial charge in [-0.05, 0) is 24.3 Å². The summed E-state index contributed by atoms with van der Waals surface area (Å²) < 4.78 is 0. The molecule has 1 unspecified atom stereocenters. The molecule has 23 heavy (non-hydrogen) atoms. The van der Waals surface area contributed by atoms with E-state index in [-0.39, 0.29) is 5.04 Å². The van der Waals surface area contributed by atoms with E-state index in [1.54, 1.807) is 0 Å². The van der Waals surface area contributed by atoms with E-state index in [0.29, 0.717) is 23.9 Å². The third-order valence-corrected chi connectivity index (χ3v) is 12.4. The highest BCUT2D eigenvalue weighted by atomic mass is 28.3. The number of hydrogen-bond acceptors (Lipinski definition) is 1. The summed E-state index contributed by atoms with van der Waals surface area (Å²) in [5.41, 5.74) is 1.33. The van der Waals surface area contributed by atoms with E-state index in [1.807, 2.05) is 0 Å². The van der Waals surface area contributed by atoms with Crippen molar-refractivity contribution in [2.45, 2.75) is 90.0 Å². The van der Waals surface area contributed by atoms with Crippen molar-refractivity contribution >= 4 is 14.0 Å². The Kier molecular flexibility index (Phi) is 5.01. The summed E-state index contributed by atoms with van der Waals surface area (Å²) in [7, 11) is -1.67. The van der Waals surface area contributed by atoms with Crippen LogP contribution in [0.15, 0.2) is 23.9 Å². The Bertz CT molecular complexity index is 514. The molecule has 0 radical (unpaired) electrons. The van der Waals surface area contributed by atoms with Crippen LogP contribution in [0, 0.1) is 5.92 Å². The number of carbonyl (C=O) groups is 1. The number of nitrogens with zero attached hydrogens (tertiary/aromatic N) is 1. The van der Waals surface area contributed by atoms with Crippen LogP contribution in [0.4, 0.5) is 0 Å². The molecule has 2 rings (SSSR count). The Morgan fingerprint density at radius 1 is 1.35 bits per heavy atom. The normalized spacial score (nSPS) is 29.0. The molecule has 0 spiro atoms. The van der Waals surface area contributed by atoms with Gasteiger partial charge in [0, 0.05) is 24.4 Å². The fourth-order valence-corrected chi connectivity index (χ4v) is 6.37. The first-order valence-electron chi connectivity index (χ1n) is 9.20. The van der Waals surface area contributed by atoms with Crippen LogP contribution < -0.4 is 0 Å². The number of amides is 1. The molecule has 0 N–H and O–H groups in total. The quantitative estimate of drug-likeness (QED) is 0.503. The third-order valence-electron chi connectivity index (χ3n) is 6.69. The van der Waals surface area contributed by atoms with Crippen molar-refractivity contribution < 1.29 is 4.79 Å². The van der Waals surface area contributed by atoms with Crippen LogP contribution in [0.3, 0.4) is 0 Å². The van der Waals surface area contributed by atoms with Gasteiger partial charge >= 0.3 is 0 Å². The number of carbonyl (C=O) groups excluding carboxylic acids is 1. The van der Waals surface area contributed by atoms with Crippen molar-refractivity contribution in [3.63, 3.8) is 0 Å². The molecular weight excluding hydrogens is 298 g/mol. The number of fused-ring (bicyclic) bond motifs is 1. The zero-order valence-electron chi connectivity index (χ0n) is 16.0. The molecule has 2 saturated heterocycles. The lowest BCUT2D eigenvalue weighted by molar-refractivity contribution is -0.132. The van der Waals surface area contributed by atoms with Gasteiger partial charge in [0.1, 0.15) is 0 Å². The molecule has 2 nitrogen and oxygen atoms in total. The highest BCUT2D eigenvalue weighted by molar-refractivity contribution is 6.86. The maximum absolute atomic E-state index is 12.5. The van der Waals surface area contributed by atoms with E-state index < -0.39 is 8.07 Å². The van der Waals surface area contributed by atoms with Crippen LogP contribution >= 0.6 is 0 Å². The van der Waals surface area contributed by atoms with Crippen LogP contribution in [0.1, 0.15) is 59.8 Å². The standard InChI is InChI=1S/C20H35NOSi/c1-9-10-17-19(15(3)23(7,8)20(4,5)6)14(2)13-16-11-12-18(22)21(16)17/h16-17,19H,2-3,9-13H2,1,4-8H3/t16-,17?,19+/m0/s1. The van der Waals surface area contributed by atoms with Gasteiger partial charge in [0.25, 0.3) is 0 Å². The Balaban J connectivity index is 2.40. The van der Waals surface area contributed by atoms with Gasteiger partial charge < -0.3 is 4.90 Å². The monoisotopic (exact) mass is 333 g/mol. The summed E-state index contributed by atoms with van der Waals surface area (Å²) in [5.74, 6) is 0.656. The van der Waals surface area contributed by atoms with Gasteiger partial charge in [-0.15, -0.1) is 6.58 Å². The molecule has 2 aliphatic heterocycles. The number of rotatable bonds is 4. The van der Waals surface area contributed by atoms with E-state index in [4.69, 9.17) is 0 Å². The van der Waals surface area contributed by atoms with Gasteiger partial charge in [-0.3, -0.25) is 4.79 Å². The molecule has 130 valence electrons. The van der Waals surface area contributed by atoms with Crippen LogP contribution in [-0.4, -0.2) is 31.0 Å². The third kappa shape index (κ3) is 3.09. The second-order valence-electron chi connectivity index (χ2n) is 9.09. The van der Waals surface area contributed by atoms with Crippen molar-refractivity contribution in [2.24, 2.45) is 5.92 Å². The van der Waals surface area contributed by atoms with Crippen LogP contribution in [0.5, 0.6) is 0 Å². The smallest absolute Gasteiger partial charge is 0.223 e. The largest absolute Gasteiger partial charge is 0.335 e. The first kappa shape index (κ1) is 18.5. The number of hydrogen-bond donors (Lipinski definition) is 0. The van der Waals surface area contributed by atoms with Gasteiger partial charge in [-0.1, -0.05) is 64.6 Å². The minimum absolute atomic E-state index is 0.271. The molecular formula is C20H35NOSi. The highest BCUT2D eigenvalue weighted by Crippen LogP contribution is 2.49. The van der Waals surface area contributed by atoms with Crippen LogP contribution in [-0.2, 0) is 4.79 Å². The Morgan fingerprint density at radius 3 is 2.48 bits per heavy atom. The fourth-order valence-electron chi connectivity index (χ4n) is 4.23. The zero-order chi connectivity index (χ0) is 17.6. The summed E-state index contributed by atoms with van der Waals surface area (Å²) in [5, 5.41) is 1.67. The molecule has 3 heteroatoms. The maximum Gasteiger partial charge on any atom is 0.223 e. The molecule has 2 aliphatic rings. The predicted molar refractivity (Wildman–Crippen MR) is 102 cm³/mol. The van der Waals surface area contributed by atoms with E-state index in [0.717, 1.165) is 32.1 Å². The van der Waals surface area contributed by atoms with Gasteiger partial charge in [-0.2, -0.15) is 0 Å². The Morgan fingerprint density at radius 2 is 1.96 bits per heavy atom. The zero-order valence-corrected chi connectivity index (χ0v) is 17.0. The van der Waals surface area contributed by atoms with Crippen molar-refractivity contribution in [1.82, 2.24) is 4.90 Å². The van der Waals surface area contributed by atoms with E-state index in [1.165, 1.54) is 10.8 Å². The van der Waals surface area contributed by atoms with E-state index in [9.17, 15) is 4.79 Å². The topological polar surface area (TPSA) is 20.3 Å². The second kappa shape index (κ2) is 6.23. The van der Waals surface area contributed by atoms with Crippen molar-refractivity contribution in [2.75, 3.05) is 0 Å². The lowest BCUT2D eigenvalue weighted by Crippen LogP contribution is -2.54. The average molecular weight is 334 g/mol. The molecule has 3 atom stereocenters. The summed E-state index contributed by atoms with van der Waals surface area (Å²) in [6.45, 7) is 23.2. The molecule has 0 bridgehead atoms. The van der Waals surface area contributed by atoms with Crippen molar-refractivity contribution in [1.29, 1.82) is 0 Å². The van der Waals surface area contributed by atoms with Gasteiger partial charge in [0.15, 0.2) is 0 Å². The first-order valence-corrected chi connectivity index (χ1v) is 12.2. The van der Waals surface area contributed by atoms with Crippen LogP contribution in [0.2, 0.25) is 18.1 Å². The number of piperidine rings is 1. The molecule has 2 fully saturated rings. The first-order chi connectivity index (χ1) is 10.5. The molecule has 0 aliphatic carbocycles. The average Bonchev–Trinajstić information content (AvgIpc) is 2.78. The molecule has 0 aromatic rings. The highest BCUT2D eigenvalue weighted by Gasteiger charge is 2.49. The Labute approximate surface area is 144 Å². The van der Waals surface area contributed by atoms with Crippen molar-refractivity contribution in [3.05, 3.63) is 23.9 Å². The summed E-state index contributed by atoms with van der Waals surface area (Å²) in [4.78, 5) is 14.7. The molecule has 0 saturated carbocycles. The van der Waals surface area contributed by atoms with Gasteiger partial charge in [0.05, 0.1) is 8.07 Å². The molecule has 0 aromatic carbocycles. The van der Waals surface area contributed by atoms with Crippen LogP contribution in [0.25, 0.3) is 0 Å². The lowest BCUT2D eigenvalue weighted by Gasteiger charge is -2.50. The minimum Gasteiger partial charge on any atom is -0.335 e. The van der Waals surface area contributed by atoms with Crippen molar-refractivity contribution in [3.8, 4) is 0 Å². The summed E-state index contributed by atoms with van der Waals surface area (Å²) in [6.07, 6.45) is 4.88. The predicted octanol–water partition coefficient (Wildman–Crippen LogP) is 5.33. The fraction of sp³-hybridized carbons (Fsp3) is 0.750. The summed E-state index contributed by atoms with van der Waals surface area (Å²) >= 11 is 0. The summed E-state index contributed by atoms with van der Waals surface area (Å²) in [6, 6.07) is 0.692. The Hall–Kier alpha value is -0.833. The molecule has 1 amide bonds. The van der Waals surface area contributed by atoms with Gasteiger partial charge in [0.2, 0.25) is 5.91 Å². The van der Waals surface area contributed by atoms with E-state index >= 15 is 0 Å². The second-order valence-corrected chi connectivity index (χ2v) is 14.5. The SMILES string of the molecule is C=C1C[C@@H]2CCC(=O)N2C(CCC)[C@H]1C(=C)[Si](C)(C)C(C)(C)C. The van der Waals surface area contributed by atoms with Gasteiger partial charge in [-0.25, -0.2) is 0 Å². The van der Waals surface area contributed by atoms with E-state index in [2.05, 4.69) is 58.8 Å². The minimum atomic E-state index is -1.67. The maximum atomic E-state index is 12.5. The lowest BCUT2D eigenvalue weighted by atomic mass is 9.80. The molecule has 0 aromatic heterocycles. The molecule has 2 heterocycles.